The van der Waals surface area contributed by atoms with Crippen LogP contribution in [0.2, 0.25) is 0 Å². The first-order valence-corrected chi connectivity index (χ1v) is 14.5. The Kier molecular flexibility index (Phi) is 10.1. The summed E-state index contributed by atoms with van der Waals surface area (Å²) in [6, 6.07) is 14.1. The van der Waals surface area contributed by atoms with Crippen molar-refractivity contribution in [3.05, 3.63) is 53.0 Å². The molecule has 2 amide bonds. The number of benzene rings is 2. The minimum absolute atomic E-state index is 0.0255. The normalized spacial score (nSPS) is 18.8. The molecule has 38 heavy (non-hydrogen) atoms. The van der Waals surface area contributed by atoms with Crippen molar-refractivity contribution in [1.82, 2.24) is 14.7 Å². The molecular weight excluding hydrogens is 566 g/mol. The number of hydrogen-bond donors (Lipinski definition) is 1. The maximum Gasteiger partial charge on any atom is 0.256 e. The van der Waals surface area contributed by atoms with E-state index in [1.54, 1.807) is 4.90 Å². The second-order valence-corrected chi connectivity index (χ2v) is 10.8. The van der Waals surface area contributed by atoms with Gasteiger partial charge in [0.15, 0.2) is 5.11 Å². The highest BCUT2D eigenvalue weighted by Crippen LogP contribution is 2.29. The van der Waals surface area contributed by atoms with Crippen LogP contribution in [-0.4, -0.2) is 90.1 Å². The molecule has 1 N–H and O–H groups in total. The zero-order valence-electron chi connectivity index (χ0n) is 22.1. The second kappa shape index (κ2) is 13.5. The number of amides is 2. The number of halogens is 1. The molecule has 2 fully saturated rings. The maximum atomic E-state index is 13.7. The van der Waals surface area contributed by atoms with E-state index in [1.807, 2.05) is 60.4 Å². The van der Waals surface area contributed by atoms with Gasteiger partial charge in [0.2, 0.25) is 5.91 Å². The van der Waals surface area contributed by atoms with E-state index in [0.29, 0.717) is 29.6 Å². The Labute approximate surface area is 239 Å². The zero-order valence-corrected chi connectivity index (χ0v) is 24.5. The highest BCUT2D eigenvalue weighted by atomic mass is 79.9. The first-order valence-electron chi connectivity index (χ1n) is 13.3. The van der Waals surface area contributed by atoms with Crippen LogP contribution in [0.25, 0.3) is 0 Å². The van der Waals surface area contributed by atoms with E-state index in [0.717, 1.165) is 55.9 Å². The molecule has 0 saturated carbocycles. The third-order valence-electron chi connectivity index (χ3n) is 7.02. The van der Waals surface area contributed by atoms with E-state index >= 15 is 0 Å². The number of nitrogens with one attached hydrogen (secondary N) is 1. The molecular formula is C28H36BrN5O3S. The molecule has 0 bridgehead atoms. The van der Waals surface area contributed by atoms with Gasteiger partial charge in [0.1, 0.15) is 11.8 Å². The van der Waals surface area contributed by atoms with Crippen LogP contribution >= 0.6 is 28.1 Å². The number of likely N-dealkylation sites (N-methyl/N-ethyl adjacent to an activating group) is 1. The highest BCUT2D eigenvalue weighted by molar-refractivity contribution is 9.10. The van der Waals surface area contributed by atoms with Gasteiger partial charge >= 0.3 is 0 Å². The predicted octanol–water partition coefficient (Wildman–Crippen LogP) is 4.21. The third-order valence-corrected chi connectivity index (χ3v) is 7.96. The average Bonchev–Trinajstić information content (AvgIpc) is 3.15. The van der Waals surface area contributed by atoms with Crippen molar-refractivity contribution >= 4 is 56.4 Å². The Hall–Kier alpha value is -2.53. The van der Waals surface area contributed by atoms with Crippen molar-refractivity contribution in [3.63, 3.8) is 0 Å². The van der Waals surface area contributed by atoms with Crippen LogP contribution in [0.5, 0.6) is 5.75 Å². The smallest absolute Gasteiger partial charge is 0.256 e. The Morgan fingerprint density at radius 1 is 1.00 bits per heavy atom. The molecule has 8 nitrogen and oxygen atoms in total. The van der Waals surface area contributed by atoms with E-state index in [9.17, 15) is 9.59 Å². The van der Waals surface area contributed by atoms with E-state index in [2.05, 4.69) is 38.0 Å². The minimum atomic E-state index is -0.651. The summed E-state index contributed by atoms with van der Waals surface area (Å²) in [7, 11) is 0. The van der Waals surface area contributed by atoms with Gasteiger partial charge in [0.05, 0.1) is 18.7 Å². The summed E-state index contributed by atoms with van der Waals surface area (Å²) < 4.78 is 6.48. The van der Waals surface area contributed by atoms with Crippen molar-refractivity contribution in [2.45, 2.75) is 32.7 Å². The summed E-state index contributed by atoms with van der Waals surface area (Å²) in [5.41, 5.74) is 1.37. The molecule has 2 aromatic carbocycles. The number of anilines is 2. The van der Waals surface area contributed by atoms with Crippen molar-refractivity contribution in [2.24, 2.45) is 0 Å². The van der Waals surface area contributed by atoms with E-state index in [4.69, 9.17) is 17.0 Å². The number of ether oxygens (including phenoxy) is 1. The molecule has 0 aromatic heterocycles. The van der Waals surface area contributed by atoms with Gasteiger partial charge in [-0.2, -0.15) is 0 Å². The number of rotatable bonds is 11. The standard InChI is InChI=1S/C28H36BrN5O3S/c1-3-31-16-18-32(19-17-31)14-5-15-33-25(20-26(35)30-22-8-6-21(29)7-9-22)27(36)34(28(33)38)23-10-12-24(13-11-23)37-4-2/h6-13,25H,3-5,14-20H2,1-2H3,(H,30,35). The number of thiocarbonyl (C=S) groups is 1. The molecule has 0 aliphatic carbocycles. The zero-order chi connectivity index (χ0) is 27.1. The molecule has 1 unspecified atom stereocenters. The average molecular weight is 603 g/mol. The number of nitrogens with zero attached hydrogens (tertiary/aromatic N) is 4. The molecule has 2 aromatic rings. The Morgan fingerprint density at radius 3 is 2.29 bits per heavy atom. The number of carbonyl (C=O) groups excluding carboxylic acids is 2. The fourth-order valence-corrected chi connectivity index (χ4v) is 5.58. The van der Waals surface area contributed by atoms with Gasteiger partial charge in [0, 0.05) is 42.9 Å². The second-order valence-electron chi connectivity index (χ2n) is 9.48. The molecule has 2 aliphatic rings. The predicted molar refractivity (Wildman–Crippen MR) is 159 cm³/mol. The lowest BCUT2D eigenvalue weighted by Gasteiger charge is -2.34. The molecule has 2 heterocycles. The fourth-order valence-electron chi connectivity index (χ4n) is 4.90. The van der Waals surface area contributed by atoms with Gasteiger partial charge in [-0.25, -0.2) is 0 Å². The fraction of sp³-hybridized carbons (Fsp3) is 0.464. The van der Waals surface area contributed by atoms with Crippen LogP contribution in [0, 0.1) is 0 Å². The summed E-state index contributed by atoms with van der Waals surface area (Å²) in [5.74, 6) is 0.337. The van der Waals surface area contributed by atoms with Crippen LogP contribution in [-0.2, 0) is 9.59 Å². The quantitative estimate of drug-likeness (QED) is 0.387. The number of carbonyl (C=O) groups is 2. The van der Waals surface area contributed by atoms with E-state index in [1.165, 1.54) is 0 Å². The lowest BCUT2D eigenvalue weighted by molar-refractivity contribution is -0.124. The number of piperazine rings is 1. The molecule has 204 valence electrons. The lowest BCUT2D eigenvalue weighted by Crippen LogP contribution is -2.47. The van der Waals surface area contributed by atoms with Gasteiger partial charge in [-0.05, 0) is 87.2 Å². The molecule has 4 rings (SSSR count). The molecule has 0 spiro atoms. The van der Waals surface area contributed by atoms with Crippen molar-refractivity contribution in [2.75, 3.05) is 62.6 Å². The SMILES string of the molecule is CCOc1ccc(N2C(=O)C(CC(=O)Nc3ccc(Br)cc3)N(CCCN3CCN(CC)CC3)C2=S)cc1. The van der Waals surface area contributed by atoms with Gasteiger partial charge < -0.3 is 24.8 Å². The Balaban J connectivity index is 1.45. The summed E-state index contributed by atoms with van der Waals surface area (Å²) in [6.45, 7) is 11.6. The van der Waals surface area contributed by atoms with E-state index < -0.39 is 6.04 Å². The molecule has 0 radical (unpaired) electrons. The summed E-state index contributed by atoms with van der Waals surface area (Å²) in [6.07, 6.45) is 0.888. The highest BCUT2D eigenvalue weighted by Gasteiger charge is 2.44. The first kappa shape index (κ1) is 28.5. The third kappa shape index (κ3) is 7.11. The van der Waals surface area contributed by atoms with Crippen LogP contribution in [0.3, 0.4) is 0 Å². The minimum Gasteiger partial charge on any atom is -0.494 e. The van der Waals surface area contributed by atoms with Crippen molar-refractivity contribution < 1.29 is 14.3 Å². The largest absolute Gasteiger partial charge is 0.494 e. The molecule has 1 atom stereocenters. The van der Waals surface area contributed by atoms with Crippen LogP contribution in [0.1, 0.15) is 26.7 Å². The van der Waals surface area contributed by atoms with Crippen LogP contribution in [0.15, 0.2) is 53.0 Å². The van der Waals surface area contributed by atoms with Gasteiger partial charge in [-0.3, -0.25) is 14.5 Å². The van der Waals surface area contributed by atoms with Crippen LogP contribution in [0.4, 0.5) is 11.4 Å². The summed E-state index contributed by atoms with van der Waals surface area (Å²) in [4.78, 5) is 35.1. The Morgan fingerprint density at radius 2 is 1.66 bits per heavy atom. The number of hydrogen-bond acceptors (Lipinski definition) is 6. The van der Waals surface area contributed by atoms with Gasteiger partial charge in [-0.15, -0.1) is 0 Å². The van der Waals surface area contributed by atoms with Crippen LogP contribution < -0.4 is 15.0 Å². The maximum absolute atomic E-state index is 13.7. The molecule has 10 heteroatoms. The first-order chi connectivity index (χ1) is 18.4. The summed E-state index contributed by atoms with van der Waals surface area (Å²) in [5, 5.41) is 3.36. The molecule has 2 saturated heterocycles. The van der Waals surface area contributed by atoms with Gasteiger partial charge in [-0.1, -0.05) is 22.9 Å². The van der Waals surface area contributed by atoms with Gasteiger partial charge in [0.25, 0.3) is 5.91 Å². The van der Waals surface area contributed by atoms with Crippen molar-refractivity contribution in [1.29, 1.82) is 0 Å². The molecule has 2 aliphatic heterocycles. The summed E-state index contributed by atoms with van der Waals surface area (Å²) >= 11 is 9.23. The van der Waals surface area contributed by atoms with Crippen molar-refractivity contribution in [3.8, 4) is 5.75 Å². The monoisotopic (exact) mass is 601 g/mol. The lowest BCUT2D eigenvalue weighted by atomic mass is 10.1. The Bertz CT molecular complexity index is 1110. The topological polar surface area (TPSA) is 68.4 Å². The van der Waals surface area contributed by atoms with E-state index in [-0.39, 0.29) is 18.2 Å².